The molecule has 0 saturated carbocycles. The molecule has 0 radical (unpaired) electrons. The van der Waals surface area contributed by atoms with Crippen LogP contribution in [0, 0.1) is 0 Å². The molecule has 9 heteroatoms. The molecule has 7 nitrogen and oxygen atoms in total. The maximum absolute atomic E-state index is 12.5. The lowest BCUT2D eigenvalue weighted by Crippen LogP contribution is -2.15. The highest BCUT2D eigenvalue weighted by atomic mass is 19.3. The van der Waals surface area contributed by atoms with E-state index in [1.165, 1.54) is 23.0 Å². The van der Waals surface area contributed by atoms with Crippen LogP contribution in [0.1, 0.15) is 23.1 Å². The summed E-state index contributed by atoms with van der Waals surface area (Å²) in [7, 11) is 0. The number of alkyl halides is 2. The molecule has 0 fully saturated rings. The van der Waals surface area contributed by atoms with Gasteiger partial charge in [-0.05, 0) is 42.8 Å². The van der Waals surface area contributed by atoms with E-state index in [0.29, 0.717) is 23.5 Å². The topological polar surface area (TPSA) is 81.9 Å². The third-order valence-electron chi connectivity index (χ3n) is 3.54. The monoisotopic (exact) mass is 359 g/mol. The number of rotatable bonds is 6. The van der Waals surface area contributed by atoms with Crippen LogP contribution in [-0.2, 0) is 6.42 Å². The van der Waals surface area contributed by atoms with Gasteiger partial charge in [-0.25, -0.2) is 4.68 Å². The molecule has 3 aromatic rings. The Morgan fingerprint density at radius 3 is 2.65 bits per heavy atom. The molecule has 0 atom stereocenters. The number of anilines is 1. The summed E-state index contributed by atoms with van der Waals surface area (Å²) in [6.07, 6.45) is 3.62. The Bertz CT molecular complexity index is 882. The largest absolute Gasteiger partial charge is 0.435 e. The van der Waals surface area contributed by atoms with Gasteiger partial charge in [0.25, 0.3) is 5.91 Å². The number of amides is 1. The van der Waals surface area contributed by atoms with E-state index < -0.39 is 12.5 Å². The Kier molecular flexibility index (Phi) is 5.16. The van der Waals surface area contributed by atoms with Gasteiger partial charge in [0.15, 0.2) is 5.69 Å². The fourth-order valence-electron chi connectivity index (χ4n) is 2.40. The fourth-order valence-corrected chi connectivity index (χ4v) is 2.40. The van der Waals surface area contributed by atoms with E-state index in [2.05, 4.69) is 25.3 Å². The summed E-state index contributed by atoms with van der Waals surface area (Å²) in [5.41, 5.74) is 1.90. The molecule has 1 N–H and O–H groups in total. The summed E-state index contributed by atoms with van der Waals surface area (Å²) < 4.78 is 30.3. The SMILES string of the molecule is CCc1c(C(=O)Nc2cccnc2)nnn1-c1ccc(OC(F)F)cc1. The van der Waals surface area contributed by atoms with Gasteiger partial charge in [0.05, 0.1) is 23.3 Å². The average Bonchev–Trinajstić information content (AvgIpc) is 3.07. The Balaban J connectivity index is 1.85. The molecule has 134 valence electrons. The lowest BCUT2D eigenvalue weighted by atomic mass is 10.2. The number of hydrogen-bond acceptors (Lipinski definition) is 5. The van der Waals surface area contributed by atoms with Crippen molar-refractivity contribution >= 4 is 11.6 Å². The van der Waals surface area contributed by atoms with Crippen molar-refractivity contribution in [1.82, 2.24) is 20.0 Å². The second-order valence-electron chi connectivity index (χ2n) is 5.22. The van der Waals surface area contributed by atoms with Crippen molar-refractivity contribution in [2.45, 2.75) is 20.0 Å². The third-order valence-corrected chi connectivity index (χ3v) is 3.54. The minimum absolute atomic E-state index is 0.0384. The minimum Gasteiger partial charge on any atom is -0.435 e. The van der Waals surface area contributed by atoms with Crippen LogP contribution in [0.25, 0.3) is 5.69 Å². The average molecular weight is 359 g/mol. The van der Waals surface area contributed by atoms with Crippen LogP contribution in [0.4, 0.5) is 14.5 Å². The Labute approximate surface area is 147 Å². The molecule has 3 rings (SSSR count). The van der Waals surface area contributed by atoms with Crippen molar-refractivity contribution < 1.29 is 18.3 Å². The lowest BCUT2D eigenvalue weighted by molar-refractivity contribution is -0.0498. The van der Waals surface area contributed by atoms with E-state index in [-0.39, 0.29) is 11.4 Å². The van der Waals surface area contributed by atoms with E-state index in [1.807, 2.05) is 6.92 Å². The number of carbonyl (C=O) groups excluding carboxylic acids is 1. The van der Waals surface area contributed by atoms with Gasteiger partial charge in [-0.3, -0.25) is 9.78 Å². The highest BCUT2D eigenvalue weighted by Crippen LogP contribution is 2.20. The molecular formula is C17H15F2N5O2. The van der Waals surface area contributed by atoms with E-state index in [4.69, 9.17) is 0 Å². The molecule has 2 aromatic heterocycles. The first-order valence-corrected chi connectivity index (χ1v) is 7.79. The van der Waals surface area contributed by atoms with E-state index >= 15 is 0 Å². The number of nitrogens with zero attached hydrogens (tertiary/aromatic N) is 4. The molecule has 0 bridgehead atoms. The molecule has 1 amide bonds. The van der Waals surface area contributed by atoms with E-state index in [1.54, 1.807) is 30.5 Å². The zero-order chi connectivity index (χ0) is 18.5. The summed E-state index contributed by atoms with van der Waals surface area (Å²) in [6, 6.07) is 9.34. The van der Waals surface area contributed by atoms with E-state index in [0.717, 1.165) is 0 Å². The summed E-state index contributed by atoms with van der Waals surface area (Å²) >= 11 is 0. The summed E-state index contributed by atoms with van der Waals surface area (Å²) in [5.74, 6) is -0.366. The van der Waals surface area contributed by atoms with Gasteiger partial charge in [-0.2, -0.15) is 8.78 Å². The third kappa shape index (κ3) is 3.82. The number of halogens is 2. The molecule has 26 heavy (non-hydrogen) atoms. The van der Waals surface area contributed by atoms with Crippen molar-refractivity contribution in [1.29, 1.82) is 0 Å². The molecule has 0 saturated heterocycles. The summed E-state index contributed by atoms with van der Waals surface area (Å²) in [4.78, 5) is 16.4. The zero-order valence-electron chi connectivity index (χ0n) is 13.8. The first-order chi connectivity index (χ1) is 12.6. The molecule has 0 aliphatic carbocycles. The van der Waals surface area contributed by atoms with Crippen LogP contribution < -0.4 is 10.1 Å². The maximum atomic E-state index is 12.5. The van der Waals surface area contributed by atoms with Crippen molar-refractivity contribution in [2.24, 2.45) is 0 Å². The predicted octanol–water partition coefficient (Wildman–Crippen LogP) is 3.08. The highest BCUT2D eigenvalue weighted by Gasteiger charge is 2.19. The number of aromatic nitrogens is 4. The van der Waals surface area contributed by atoms with E-state index in [9.17, 15) is 13.6 Å². The molecule has 0 unspecified atom stereocenters. The van der Waals surface area contributed by atoms with Gasteiger partial charge in [-0.1, -0.05) is 12.1 Å². The van der Waals surface area contributed by atoms with Gasteiger partial charge in [-0.15, -0.1) is 5.10 Å². The summed E-state index contributed by atoms with van der Waals surface area (Å²) in [6.45, 7) is -1.02. The minimum atomic E-state index is -2.89. The standard InChI is InChI=1S/C17H15F2N5O2/c1-2-14-15(16(25)21-11-4-3-9-20-10-11)22-23-24(14)12-5-7-13(8-6-12)26-17(18)19/h3-10,17H,2H2,1H3,(H,21,25). The van der Waals surface area contributed by atoms with Crippen LogP contribution in [0.15, 0.2) is 48.8 Å². The van der Waals surface area contributed by atoms with Gasteiger partial charge >= 0.3 is 6.61 Å². The van der Waals surface area contributed by atoms with Crippen LogP contribution in [0.3, 0.4) is 0 Å². The van der Waals surface area contributed by atoms with Crippen LogP contribution >= 0.6 is 0 Å². The van der Waals surface area contributed by atoms with Crippen LogP contribution in [-0.4, -0.2) is 32.5 Å². The highest BCUT2D eigenvalue weighted by molar-refractivity contribution is 6.03. The number of benzene rings is 1. The lowest BCUT2D eigenvalue weighted by Gasteiger charge is -2.08. The Morgan fingerprint density at radius 2 is 2.04 bits per heavy atom. The molecule has 2 heterocycles. The van der Waals surface area contributed by atoms with Gasteiger partial charge in [0.1, 0.15) is 5.75 Å². The van der Waals surface area contributed by atoms with Gasteiger partial charge < -0.3 is 10.1 Å². The van der Waals surface area contributed by atoms with Crippen LogP contribution in [0.5, 0.6) is 5.75 Å². The Hall–Kier alpha value is -3.36. The molecule has 0 aliphatic heterocycles. The van der Waals surface area contributed by atoms with Crippen molar-refractivity contribution in [2.75, 3.05) is 5.32 Å². The number of carbonyl (C=O) groups is 1. The number of pyridine rings is 1. The number of hydrogen-bond donors (Lipinski definition) is 1. The van der Waals surface area contributed by atoms with Crippen molar-refractivity contribution in [3.8, 4) is 11.4 Å². The van der Waals surface area contributed by atoms with Gasteiger partial charge in [0.2, 0.25) is 0 Å². The first kappa shape index (κ1) is 17.5. The Morgan fingerprint density at radius 1 is 1.27 bits per heavy atom. The zero-order valence-corrected chi connectivity index (χ0v) is 13.8. The first-order valence-electron chi connectivity index (χ1n) is 7.79. The molecule has 0 aliphatic rings. The fraction of sp³-hybridized carbons (Fsp3) is 0.176. The van der Waals surface area contributed by atoms with Crippen molar-refractivity contribution in [3.63, 3.8) is 0 Å². The second-order valence-corrected chi connectivity index (χ2v) is 5.22. The predicted molar refractivity (Wildman–Crippen MR) is 89.6 cm³/mol. The number of nitrogens with one attached hydrogen (secondary N) is 1. The molecule has 0 spiro atoms. The smallest absolute Gasteiger partial charge is 0.387 e. The molecular weight excluding hydrogens is 344 g/mol. The summed E-state index contributed by atoms with van der Waals surface area (Å²) in [5, 5.41) is 10.7. The normalized spacial score (nSPS) is 10.8. The second kappa shape index (κ2) is 7.68. The van der Waals surface area contributed by atoms with Gasteiger partial charge in [0, 0.05) is 6.20 Å². The quantitative estimate of drug-likeness (QED) is 0.731. The number of ether oxygens (including phenoxy) is 1. The van der Waals surface area contributed by atoms with Crippen LogP contribution in [0.2, 0.25) is 0 Å². The maximum Gasteiger partial charge on any atom is 0.387 e. The van der Waals surface area contributed by atoms with Crippen molar-refractivity contribution in [3.05, 3.63) is 60.2 Å². The molecule has 1 aromatic carbocycles.